The van der Waals surface area contributed by atoms with Crippen molar-refractivity contribution >= 4 is 39.2 Å². The molecule has 0 saturated heterocycles. The van der Waals surface area contributed by atoms with Gasteiger partial charge >= 0.3 is 5.97 Å². The summed E-state index contributed by atoms with van der Waals surface area (Å²) in [6.07, 6.45) is 4.65. The van der Waals surface area contributed by atoms with Crippen molar-refractivity contribution in [2.75, 3.05) is 0 Å². The Morgan fingerprint density at radius 1 is 1.13 bits per heavy atom. The van der Waals surface area contributed by atoms with E-state index in [1.54, 1.807) is 16.0 Å². The Morgan fingerprint density at radius 2 is 1.90 bits per heavy atom. The zero-order valence-electron chi connectivity index (χ0n) is 16.7. The molecule has 7 heteroatoms. The molecule has 4 rings (SSSR count). The van der Waals surface area contributed by atoms with Crippen molar-refractivity contribution in [3.63, 3.8) is 0 Å². The van der Waals surface area contributed by atoms with Crippen molar-refractivity contribution in [2.45, 2.75) is 25.8 Å². The topological polar surface area (TPSA) is 91.8 Å². The van der Waals surface area contributed by atoms with Crippen molar-refractivity contribution in [2.24, 2.45) is 0 Å². The van der Waals surface area contributed by atoms with Gasteiger partial charge < -0.3 is 5.11 Å². The van der Waals surface area contributed by atoms with Gasteiger partial charge in [-0.3, -0.25) is 9.48 Å². The Hall–Kier alpha value is -3.76. The summed E-state index contributed by atoms with van der Waals surface area (Å²) in [6.45, 7) is 0.496. The Balaban J connectivity index is 1.81. The van der Waals surface area contributed by atoms with Crippen molar-refractivity contribution < 1.29 is 9.90 Å². The van der Waals surface area contributed by atoms with Crippen LogP contribution < -0.4 is 0 Å². The summed E-state index contributed by atoms with van der Waals surface area (Å²) in [6, 6.07) is 19.9. The van der Waals surface area contributed by atoms with Gasteiger partial charge in [0.2, 0.25) is 0 Å². The van der Waals surface area contributed by atoms with Crippen LogP contribution in [0.4, 0.5) is 0 Å². The van der Waals surface area contributed by atoms with E-state index in [9.17, 15) is 9.90 Å². The van der Waals surface area contributed by atoms with Gasteiger partial charge in [0.05, 0.1) is 34.9 Å². The number of para-hydroxylation sites is 1. The van der Waals surface area contributed by atoms with Crippen LogP contribution in [0.5, 0.6) is 0 Å². The number of nitrogens with zero attached hydrogens (tertiary/aromatic N) is 4. The molecule has 0 aliphatic heterocycles. The summed E-state index contributed by atoms with van der Waals surface area (Å²) in [7, 11) is 0. The second-order valence-electron chi connectivity index (χ2n) is 7.02. The van der Waals surface area contributed by atoms with Gasteiger partial charge in [0.1, 0.15) is 5.01 Å². The fraction of sp³-hybridized carbons (Fsp3) is 0.167. The van der Waals surface area contributed by atoms with E-state index in [1.165, 1.54) is 0 Å². The standard InChI is InChI=1S/C24H20N4O2S/c25-13-6-14-28-16-19(23(27-28)17-7-2-1-3-8-17)15-18(11-12-22(29)30)24-26-20-9-4-5-10-21(20)31-24/h1-5,7-10,15-16H,6,11-12,14H2,(H,29,30)/b18-15-. The third-order valence-corrected chi connectivity index (χ3v) is 5.91. The summed E-state index contributed by atoms with van der Waals surface area (Å²) >= 11 is 1.56. The average Bonchev–Trinajstić information content (AvgIpc) is 3.39. The first kappa shape index (κ1) is 20.5. The minimum atomic E-state index is -0.847. The van der Waals surface area contributed by atoms with E-state index in [-0.39, 0.29) is 6.42 Å². The fourth-order valence-corrected chi connectivity index (χ4v) is 4.33. The van der Waals surface area contributed by atoms with Crippen LogP contribution in [0.3, 0.4) is 0 Å². The number of carboxylic acid groups (broad SMARTS) is 1. The van der Waals surface area contributed by atoms with E-state index in [0.29, 0.717) is 19.4 Å². The van der Waals surface area contributed by atoms with Crippen LogP contribution in [0.15, 0.2) is 60.8 Å². The minimum Gasteiger partial charge on any atom is -0.481 e. The number of nitriles is 1. The number of rotatable bonds is 8. The third kappa shape index (κ3) is 4.87. The Labute approximate surface area is 183 Å². The number of fused-ring (bicyclic) bond motifs is 1. The summed E-state index contributed by atoms with van der Waals surface area (Å²) in [5, 5.41) is 23.7. The zero-order chi connectivity index (χ0) is 21.6. The molecule has 0 atom stereocenters. The van der Waals surface area contributed by atoms with Crippen LogP contribution in [0.25, 0.3) is 33.1 Å². The molecule has 4 aromatic rings. The van der Waals surface area contributed by atoms with Gasteiger partial charge in [-0.1, -0.05) is 42.5 Å². The van der Waals surface area contributed by atoms with Gasteiger partial charge in [-0.25, -0.2) is 4.98 Å². The van der Waals surface area contributed by atoms with Crippen molar-refractivity contribution in [3.05, 3.63) is 71.4 Å². The maximum atomic E-state index is 11.3. The molecule has 0 saturated carbocycles. The number of benzene rings is 2. The van der Waals surface area contributed by atoms with Gasteiger partial charge in [-0.05, 0) is 30.2 Å². The SMILES string of the molecule is N#CCCn1cc(/C=C(/CCC(=O)O)c2nc3ccccc3s2)c(-c2ccccc2)n1. The number of aromatic nitrogens is 3. The summed E-state index contributed by atoms with van der Waals surface area (Å²) in [5.74, 6) is -0.847. The fourth-order valence-electron chi connectivity index (χ4n) is 3.32. The first-order valence-corrected chi connectivity index (χ1v) is 10.7. The lowest BCUT2D eigenvalue weighted by atomic mass is 10.0. The number of carbonyl (C=O) groups is 1. The molecule has 0 aliphatic carbocycles. The highest BCUT2D eigenvalue weighted by molar-refractivity contribution is 7.19. The smallest absolute Gasteiger partial charge is 0.303 e. The Morgan fingerprint density at radius 3 is 2.65 bits per heavy atom. The van der Waals surface area contributed by atoms with Crippen molar-refractivity contribution in [1.29, 1.82) is 5.26 Å². The lowest BCUT2D eigenvalue weighted by molar-refractivity contribution is -0.136. The number of aliphatic carboxylic acids is 1. The van der Waals surface area contributed by atoms with E-state index in [1.807, 2.05) is 66.9 Å². The summed E-state index contributed by atoms with van der Waals surface area (Å²) in [5.41, 5.74) is 4.40. The van der Waals surface area contributed by atoms with Gasteiger partial charge in [0.25, 0.3) is 0 Å². The molecule has 0 bridgehead atoms. The molecule has 6 nitrogen and oxygen atoms in total. The number of carboxylic acids is 1. The van der Waals surface area contributed by atoms with Crippen LogP contribution >= 0.6 is 11.3 Å². The second kappa shape index (κ2) is 9.37. The highest BCUT2D eigenvalue weighted by Crippen LogP contribution is 2.33. The number of aryl methyl sites for hydroxylation is 1. The maximum Gasteiger partial charge on any atom is 0.303 e. The Bertz CT molecular complexity index is 1250. The van der Waals surface area contributed by atoms with Crippen molar-refractivity contribution in [1.82, 2.24) is 14.8 Å². The minimum absolute atomic E-state index is 0.0188. The van der Waals surface area contributed by atoms with Crippen LogP contribution in [-0.4, -0.2) is 25.8 Å². The predicted octanol–water partition coefficient (Wildman–Crippen LogP) is 5.48. The predicted molar refractivity (Wildman–Crippen MR) is 122 cm³/mol. The van der Waals surface area contributed by atoms with Gasteiger partial charge in [0.15, 0.2) is 0 Å². The molecule has 2 aromatic heterocycles. The van der Waals surface area contributed by atoms with Crippen LogP contribution in [0, 0.1) is 11.3 Å². The summed E-state index contributed by atoms with van der Waals surface area (Å²) < 4.78 is 2.83. The normalized spacial score (nSPS) is 11.5. The number of hydrogen-bond donors (Lipinski definition) is 1. The van der Waals surface area contributed by atoms with E-state index in [4.69, 9.17) is 15.3 Å². The van der Waals surface area contributed by atoms with E-state index in [0.717, 1.165) is 37.6 Å². The average molecular weight is 429 g/mol. The van der Waals surface area contributed by atoms with E-state index < -0.39 is 5.97 Å². The molecule has 0 fully saturated rings. The first-order valence-electron chi connectivity index (χ1n) is 9.92. The molecule has 0 spiro atoms. The molecule has 154 valence electrons. The molecular weight excluding hydrogens is 408 g/mol. The molecule has 0 amide bonds. The molecular formula is C24H20N4O2S. The van der Waals surface area contributed by atoms with Crippen LogP contribution in [0.1, 0.15) is 29.8 Å². The monoisotopic (exact) mass is 428 g/mol. The van der Waals surface area contributed by atoms with E-state index >= 15 is 0 Å². The number of allylic oxidation sites excluding steroid dienone is 1. The molecule has 0 aliphatic rings. The highest BCUT2D eigenvalue weighted by Gasteiger charge is 2.15. The lowest BCUT2D eigenvalue weighted by Crippen LogP contribution is -1.97. The Kier molecular flexibility index (Phi) is 6.20. The van der Waals surface area contributed by atoms with E-state index in [2.05, 4.69) is 6.07 Å². The van der Waals surface area contributed by atoms with Crippen LogP contribution in [0.2, 0.25) is 0 Å². The molecule has 2 heterocycles. The quantitative estimate of drug-likeness (QED) is 0.401. The lowest BCUT2D eigenvalue weighted by Gasteiger charge is -2.04. The largest absolute Gasteiger partial charge is 0.481 e. The molecule has 0 unspecified atom stereocenters. The van der Waals surface area contributed by atoms with Gasteiger partial charge in [-0.15, -0.1) is 11.3 Å². The van der Waals surface area contributed by atoms with Gasteiger partial charge in [0, 0.05) is 23.7 Å². The maximum absolute atomic E-state index is 11.3. The van der Waals surface area contributed by atoms with Crippen LogP contribution in [-0.2, 0) is 11.3 Å². The first-order chi connectivity index (χ1) is 15.1. The molecule has 31 heavy (non-hydrogen) atoms. The molecule has 0 radical (unpaired) electrons. The summed E-state index contributed by atoms with van der Waals surface area (Å²) in [4.78, 5) is 16.0. The van der Waals surface area contributed by atoms with Crippen molar-refractivity contribution in [3.8, 4) is 17.3 Å². The molecule has 1 N–H and O–H groups in total. The third-order valence-electron chi connectivity index (χ3n) is 4.80. The highest BCUT2D eigenvalue weighted by atomic mass is 32.1. The van der Waals surface area contributed by atoms with Gasteiger partial charge in [-0.2, -0.15) is 10.4 Å². The number of hydrogen-bond acceptors (Lipinski definition) is 5. The second-order valence-corrected chi connectivity index (χ2v) is 8.05. The molecule has 2 aromatic carbocycles. The number of thiazole rings is 1. The zero-order valence-corrected chi connectivity index (χ0v) is 17.5.